The van der Waals surface area contributed by atoms with Crippen molar-refractivity contribution < 1.29 is 24.3 Å². The van der Waals surface area contributed by atoms with Crippen LogP contribution in [0.1, 0.15) is 75.0 Å². The van der Waals surface area contributed by atoms with Crippen LogP contribution >= 0.6 is 11.6 Å². The SMILES string of the molecule is CNC(=O)c1cccc(CONC(=O)[C@@H]2c3ccccc3C(=O)N([C@H]3CCCC[C@@H]3O)[C@H]2c2ccc(Cl)cc2)c1. The van der Waals surface area contributed by atoms with Crippen LogP contribution in [0.25, 0.3) is 0 Å². The first-order valence-corrected chi connectivity index (χ1v) is 13.8. The second-order valence-corrected chi connectivity index (χ2v) is 10.7. The van der Waals surface area contributed by atoms with Crippen LogP contribution in [0, 0.1) is 0 Å². The summed E-state index contributed by atoms with van der Waals surface area (Å²) in [5, 5.41) is 14.1. The molecule has 3 aromatic carbocycles. The Kier molecular flexibility index (Phi) is 8.49. The van der Waals surface area contributed by atoms with Gasteiger partial charge < -0.3 is 15.3 Å². The van der Waals surface area contributed by atoms with E-state index in [1.165, 1.54) is 0 Å². The molecule has 1 aliphatic heterocycles. The first-order chi connectivity index (χ1) is 19.4. The summed E-state index contributed by atoms with van der Waals surface area (Å²) in [5.41, 5.74) is 5.56. The number of hydroxylamine groups is 1. The normalized spacial score (nSPS) is 22.4. The third-order valence-electron chi connectivity index (χ3n) is 7.75. The van der Waals surface area contributed by atoms with Gasteiger partial charge in [-0.05, 0) is 59.9 Å². The lowest BCUT2D eigenvalue weighted by Crippen LogP contribution is -2.55. The summed E-state index contributed by atoms with van der Waals surface area (Å²) >= 11 is 6.19. The number of aliphatic hydroxyl groups is 1. The second-order valence-electron chi connectivity index (χ2n) is 10.2. The van der Waals surface area contributed by atoms with Gasteiger partial charge in [0, 0.05) is 23.2 Å². The van der Waals surface area contributed by atoms with E-state index in [1.807, 2.05) is 18.2 Å². The lowest BCUT2D eigenvalue weighted by Gasteiger charge is -2.48. The highest BCUT2D eigenvalue weighted by molar-refractivity contribution is 6.30. The van der Waals surface area contributed by atoms with Gasteiger partial charge >= 0.3 is 0 Å². The number of amides is 3. The highest BCUT2D eigenvalue weighted by atomic mass is 35.5. The molecule has 3 aromatic rings. The van der Waals surface area contributed by atoms with Crippen LogP contribution in [0.2, 0.25) is 5.02 Å². The number of nitrogens with one attached hydrogen (secondary N) is 2. The molecule has 40 heavy (non-hydrogen) atoms. The molecule has 3 amide bonds. The van der Waals surface area contributed by atoms with E-state index in [-0.39, 0.29) is 18.4 Å². The van der Waals surface area contributed by atoms with Gasteiger partial charge in [-0.15, -0.1) is 0 Å². The van der Waals surface area contributed by atoms with Gasteiger partial charge in [-0.25, -0.2) is 5.48 Å². The minimum atomic E-state index is -0.804. The van der Waals surface area contributed by atoms with Crippen molar-refractivity contribution in [1.82, 2.24) is 15.7 Å². The van der Waals surface area contributed by atoms with Crippen LogP contribution in [0.3, 0.4) is 0 Å². The monoisotopic (exact) mass is 561 g/mol. The van der Waals surface area contributed by atoms with E-state index in [2.05, 4.69) is 10.8 Å². The van der Waals surface area contributed by atoms with E-state index >= 15 is 0 Å². The average Bonchev–Trinajstić information content (AvgIpc) is 2.98. The van der Waals surface area contributed by atoms with Crippen LogP contribution in [-0.4, -0.2) is 46.9 Å². The zero-order valence-corrected chi connectivity index (χ0v) is 22.9. The fourth-order valence-electron chi connectivity index (χ4n) is 5.83. The molecule has 2 aliphatic rings. The molecule has 208 valence electrons. The molecule has 4 atom stereocenters. The Bertz CT molecular complexity index is 1400. The second kappa shape index (κ2) is 12.2. The maximum absolute atomic E-state index is 14.0. The number of carbonyl (C=O) groups is 3. The van der Waals surface area contributed by atoms with Gasteiger partial charge in [-0.1, -0.05) is 66.9 Å². The number of carbonyl (C=O) groups excluding carboxylic acids is 3. The topological polar surface area (TPSA) is 108 Å². The Morgan fingerprint density at radius 1 is 1.02 bits per heavy atom. The third-order valence-corrected chi connectivity index (χ3v) is 8.00. The first kappa shape index (κ1) is 27.8. The van der Waals surface area contributed by atoms with Crippen molar-refractivity contribution in [2.75, 3.05) is 7.05 Å². The van der Waals surface area contributed by atoms with E-state index in [1.54, 1.807) is 66.5 Å². The summed E-state index contributed by atoms with van der Waals surface area (Å²) in [6, 6.07) is 20.1. The molecule has 5 rings (SSSR count). The third kappa shape index (κ3) is 5.61. The molecule has 0 bridgehead atoms. The molecular formula is C31H32ClN3O5. The van der Waals surface area contributed by atoms with Crippen LogP contribution in [0.15, 0.2) is 72.8 Å². The van der Waals surface area contributed by atoms with E-state index < -0.39 is 30.0 Å². The van der Waals surface area contributed by atoms with Gasteiger partial charge in [0.1, 0.15) is 0 Å². The summed E-state index contributed by atoms with van der Waals surface area (Å²) in [7, 11) is 1.56. The smallest absolute Gasteiger partial charge is 0.255 e. The first-order valence-electron chi connectivity index (χ1n) is 13.5. The average molecular weight is 562 g/mol. The number of hydrogen-bond acceptors (Lipinski definition) is 5. The summed E-state index contributed by atoms with van der Waals surface area (Å²) in [6.07, 6.45) is 2.32. The highest BCUT2D eigenvalue weighted by Crippen LogP contribution is 2.46. The summed E-state index contributed by atoms with van der Waals surface area (Å²) in [5.74, 6) is -1.65. The zero-order chi connectivity index (χ0) is 28.2. The molecule has 1 saturated carbocycles. The van der Waals surface area contributed by atoms with Crippen LogP contribution in [0.5, 0.6) is 0 Å². The maximum Gasteiger partial charge on any atom is 0.255 e. The molecule has 1 fully saturated rings. The van der Waals surface area contributed by atoms with Crippen LogP contribution in [-0.2, 0) is 16.2 Å². The van der Waals surface area contributed by atoms with E-state index in [0.717, 1.165) is 18.4 Å². The minimum Gasteiger partial charge on any atom is -0.391 e. The number of rotatable bonds is 7. The molecule has 1 aliphatic carbocycles. The van der Waals surface area contributed by atoms with E-state index in [0.29, 0.717) is 40.1 Å². The lowest BCUT2D eigenvalue weighted by molar-refractivity contribution is -0.138. The van der Waals surface area contributed by atoms with Crippen LogP contribution in [0.4, 0.5) is 0 Å². The molecule has 1 heterocycles. The fourth-order valence-corrected chi connectivity index (χ4v) is 5.96. The Morgan fingerprint density at radius 3 is 2.52 bits per heavy atom. The van der Waals surface area contributed by atoms with Crippen molar-refractivity contribution in [3.8, 4) is 0 Å². The van der Waals surface area contributed by atoms with E-state index in [9.17, 15) is 19.5 Å². The predicted molar refractivity (Wildman–Crippen MR) is 151 cm³/mol. The Labute approximate surface area is 238 Å². The highest BCUT2D eigenvalue weighted by Gasteiger charge is 2.48. The number of aliphatic hydroxyl groups excluding tert-OH is 1. The van der Waals surface area contributed by atoms with Crippen molar-refractivity contribution in [2.24, 2.45) is 0 Å². The van der Waals surface area contributed by atoms with Crippen molar-refractivity contribution in [2.45, 2.75) is 56.4 Å². The van der Waals surface area contributed by atoms with Crippen LogP contribution < -0.4 is 10.8 Å². The van der Waals surface area contributed by atoms with E-state index in [4.69, 9.17) is 16.4 Å². The van der Waals surface area contributed by atoms with Crippen molar-refractivity contribution in [1.29, 1.82) is 0 Å². The Hall–Kier alpha value is -3.72. The predicted octanol–water partition coefficient (Wildman–Crippen LogP) is 4.53. The molecule has 0 saturated heterocycles. The van der Waals surface area contributed by atoms with Gasteiger partial charge in [0.2, 0.25) is 0 Å². The number of fused-ring (bicyclic) bond motifs is 1. The summed E-state index contributed by atoms with van der Waals surface area (Å²) in [4.78, 5) is 47.2. The minimum absolute atomic E-state index is 0.0422. The standard InChI is InChI=1S/C31H32ClN3O5/c1-33-29(37)21-8-6-7-19(17-21)18-40-34-30(38)27-23-9-2-3-10-24(23)31(39)35(25-11-4-5-12-26(25)36)28(27)20-13-15-22(32)16-14-20/h2-3,6-10,13-17,25-28,36H,4-5,11-12,18H2,1H3,(H,33,37)(H,34,38)/t25-,26-,27+,28-/m0/s1. The summed E-state index contributed by atoms with van der Waals surface area (Å²) in [6.45, 7) is 0.0422. The lowest BCUT2D eigenvalue weighted by atomic mass is 9.77. The fraction of sp³-hybridized carbons (Fsp3) is 0.323. The molecule has 9 heteroatoms. The number of benzene rings is 3. The zero-order valence-electron chi connectivity index (χ0n) is 22.2. The summed E-state index contributed by atoms with van der Waals surface area (Å²) < 4.78 is 0. The van der Waals surface area contributed by atoms with Gasteiger partial charge in [0.25, 0.3) is 17.7 Å². The molecule has 0 spiro atoms. The Balaban J connectivity index is 1.48. The Morgan fingerprint density at radius 2 is 1.77 bits per heavy atom. The van der Waals surface area contributed by atoms with Gasteiger partial charge in [0.15, 0.2) is 0 Å². The molecular weight excluding hydrogens is 530 g/mol. The molecule has 0 radical (unpaired) electrons. The number of halogens is 1. The molecule has 0 aromatic heterocycles. The molecule has 8 nitrogen and oxygen atoms in total. The largest absolute Gasteiger partial charge is 0.391 e. The van der Waals surface area contributed by atoms with Gasteiger partial charge in [0.05, 0.1) is 30.7 Å². The maximum atomic E-state index is 14.0. The number of hydrogen-bond donors (Lipinski definition) is 3. The van der Waals surface area contributed by atoms with Gasteiger partial charge in [-0.2, -0.15) is 0 Å². The van der Waals surface area contributed by atoms with Crippen molar-refractivity contribution in [3.63, 3.8) is 0 Å². The quantitative estimate of drug-likeness (QED) is 0.367. The number of nitrogens with zero attached hydrogens (tertiary/aromatic N) is 1. The molecule has 3 N–H and O–H groups in total. The van der Waals surface area contributed by atoms with Gasteiger partial charge in [-0.3, -0.25) is 19.2 Å². The van der Waals surface area contributed by atoms with Crippen molar-refractivity contribution in [3.05, 3.63) is 106 Å². The van der Waals surface area contributed by atoms with Crippen molar-refractivity contribution >= 4 is 29.3 Å². The molecule has 0 unspecified atom stereocenters.